The van der Waals surface area contributed by atoms with Crippen LogP contribution in [0.25, 0.3) is 0 Å². The Balaban J connectivity index is 3.46. The molecule has 0 aromatic carbocycles. The molecule has 0 rings (SSSR count). The predicted octanol–water partition coefficient (Wildman–Crippen LogP) is 1.62. The SMILES string of the molecule is CCCOP(=O)(O)CC. The van der Waals surface area contributed by atoms with Crippen LogP contribution in [0, 0.1) is 0 Å². The van der Waals surface area contributed by atoms with Gasteiger partial charge in [0, 0.05) is 6.16 Å². The molecule has 0 fully saturated rings. The monoisotopic (exact) mass is 152 g/mol. The number of hydrogen-bond acceptors (Lipinski definition) is 2. The molecule has 1 N–H and O–H groups in total. The van der Waals surface area contributed by atoms with Crippen molar-refractivity contribution in [3.05, 3.63) is 0 Å². The van der Waals surface area contributed by atoms with E-state index in [4.69, 9.17) is 4.89 Å². The second-order valence-electron chi connectivity index (χ2n) is 1.79. The van der Waals surface area contributed by atoms with Crippen LogP contribution in [0.5, 0.6) is 0 Å². The van der Waals surface area contributed by atoms with E-state index in [0.717, 1.165) is 6.42 Å². The van der Waals surface area contributed by atoms with Crippen LogP contribution in [0.1, 0.15) is 20.3 Å². The lowest BCUT2D eigenvalue weighted by Gasteiger charge is -2.07. The fourth-order valence-corrected chi connectivity index (χ4v) is 0.976. The summed E-state index contributed by atoms with van der Waals surface area (Å²) < 4.78 is 15.3. The summed E-state index contributed by atoms with van der Waals surface area (Å²) >= 11 is 0. The van der Waals surface area contributed by atoms with Gasteiger partial charge in [0.25, 0.3) is 0 Å². The Bertz CT molecular complexity index is 113. The van der Waals surface area contributed by atoms with Crippen LogP contribution in [0.3, 0.4) is 0 Å². The van der Waals surface area contributed by atoms with E-state index < -0.39 is 7.60 Å². The van der Waals surface area contributed by atoms with E-state index in [-0.39, 0.29) is 6.16 Å². The molecule has 0 bridgehead atoms. The van der Waals surface area contributed by atoms with E-state index in [1.54, 1.807) is 6.92 Å². The third-order valence-electron chi connectivity index (χ3n) is 0.897. The van der Waals surface area contributed by atoms with Crippen LogP contribution >= 0.6 is 7.60 Å². The molecule has 56 valence electrons. The first-order valence-electron chi connectivity index (χ1n) is 3.08. The summed E-state index contributed by atoms with van der Waals surface area (Å²) in [5.41, 5.74) is 0. The normalized spacial score (nSPS) is 17.2. The molecule has 0 spiro atoms. The fourth-order valence-electron chi connectivity index (χ4n) is 0.325. The molecule has 0 radical (unpaired) electrons. The molecule has 0 aliphatic carbocycles. The van der Waals surface area contributed by atoms with E-state index in [0.29, 0.717) is 6.61 Å². The van der Waals surface area contributed by atoms with Crippen LogP contribution in [0.15, 0.2) is 0 Å². The van der Waals surface area contributed by atoms with Gasteiger partial charge in [0.05, 0.1) is 6.61 Å². The number of hydrogen-bond donors (Lipinski definition) is 1. The molecule has 0 aromatic heterocycles. The zero-order chi connectivity index (χ0) is 7.33. The molecule has 0 aliphatic heterocycles. The molecule has 0 amide bonds. The van der Waals surface area contributed by atoms with Crippen LogP contribution in [-0.4, -0.2) is 17.7 Å². The van der Waals surface area contributed by atoms with Crippen molar-refractivity contribution < 1.29 is 14.0 Å². The number of rotatable bonds is 4. The van der Waals surface area contributed by atoms with Gasteiger partial charge in [-0.25, -0.2) is 0 Å². The van der Waals surface area contributed by atoms with Gasteiger partial charge < -0.3 is 9.42 Å². The van der Waals surface area contributed by atoms with Crippen LogP contribution < -0.4 is 0 Å². The quantitative estimate of drug-likeness (QED) is 0.622. The van der Waals surface area contributed by atoms with Crippen molar-refractivity contribution in [2.24, 2.45) is 0 Å². The van der Waals surface area contributed by atoms with Gasteiger partial charge in [-0.05, 0) is 6.42 Å². The Labute approximate surface area is 55.6 Å². The highest BCUT2D eigenvalue weighted by atomic mass is 31.2. The van der Waals surface area contributed by atoms with Gasteiger partial charge >= 0.3 is 7.60 Å². The molecule has 0 aromatic rings. The molecule has 1 atom stereocenters. The Kier molecular flexibility index (Phi) is 4.11. The highest BCUT2D eigenvalue weighted by Crippen LogP contribution is 2.40. The van der Waals surface area contributed by atoms with Gasteiger partial charge in [0.2, 0.25) is 0 Å². The fraction of sp³-hybridized carbons (Fsp3) is 1.00. The van der Waals surface area contributed by atoms with Crippen molar-refractivity contribution in [3.63, 3.8) is 0 Å². The van der Waals surface area contributed by atoms with Crippen molar-refractivity contribution in [2.75, 3.05) is 12.8 Å². The average Bonchev–Trinajstić information content (AvgIpc) is 1.84. The summed E-state index contributed by atoms with van der Waals surface area (Å²) in [4.78, 5) is 8.79. The van der Waals surface area contributed by atoms with E-state index in [2.05, 4.69) is 4.52 Å². The van der Waals surface area contributed by atoms with Gasteiger partial charge in [-0.15, -0.1) is 0 Å². The second kappa shape index (κ2) is 4.04. The summed E-state index contributed by atoms with van der Waals surface area (Å²) in [6.07, 6.45) is 0.984. The predicted molar refractivity (Wildman–Crippen MR) is 36.6 cm³/mol. The third-order valence-corrected chi connectivity index (χ3v) is 2.28. The lowest BCUT2D eigenvalue weighted by Crippen LogP contribution is -1.92. The Morgan fingerprint density at radius 2 is 2.11 bits per heavy atom. The van der Waals surface area contributed by atoms with Gasteiger partial charge in [-0.3, -0.25) is 4.57 Å². The van der Waals surface area contributed by atoms with Gasteiger partial charge in [0.15, 0.2) is 0 Å². The van der Waals surface area contributed by atoms with E-state index in [9.17, 15) is 4.57 Å². The molecule has 4 heteroatoms. The van der Waals surface area contributed by atoms with E-state index >= 15 is 0 Å². The van der Waals surface area contributed by atoms with Crippen molar-refractivity contribution in [1.29, 1.82) is 0 Å². The van der Waals surface area contributed by atoms with Crippen molar-refractivity contribution in [2.45, 2.75) is 20.3 Å². The minimum absolute atomic E-state index is 0.201. The van der Waals surface area contributed by atoms with Crippen molar-refractivity contribution in [3.8, 4) is 0 Å². The summed E-state index contributed by atoms with van der Waals surface area (Å²) in [5, 5.41) is 0. The van der Waals surface area contributed by atoms with Crippen LogP contribution in [0.4, 0.5) is 0 Å². The van der Waals surface area contributed by atoms with E-state index in [1.807, 2.05) is 6.92 Å². The lowest BCUT2D eigenvalue weighted by molar-refractivity contribution is 0.261. The molecule has 9 heavy (non-hydrogen) atoms. The highest BCUT2D eigenvalue weighted by molar-refractivity contribution is 7.52. The summed E-state index contributed by atoms with van der Waals surface area (Å²) in [6, 6.07) is 0. The van der Waals surface area contributed by atoms with Crippen molar-refractivity contribution in [1.82, 2.24) is 0 Å². The Hall–Kier alpha value is 0.150. The zero-order valence-electron chi connectivity index (χ0n) is 5.83. The Morgan fingerprint density at radius 3 is 2.44 bits per heavy atom. The topological polar surface area (TPSA) is 46.5 Å². The first-order chi connectivity index (χ1) is 4.12. The summed E-state index contributed by atoms with van der Waals surface area (Å²) in [7, 11) is -3.19. The summed E-state index contributed by atoms with van der Waals surface area (Å²) in [6.45, 7) is 3.91. The van der Waals surface area contributed by atoms with Gasteiger partial charge in [-0.2, -0.15) is 0 Å². The zero-order valence-corrected chi connectivity index (χ0v) is 6.73. The van der Waals surface area contributed by atoms with Crippen molar-refractivity contribution >= 4 is 7.60 Å². The van der Waals surface area contributed by atoms with Crippen LogP contribution in [0.2, 0.25) is 0 Å². The maximum absolute atomic E-state index is 10.7. The standard InChI is InChI=1S/C5H13O3P/c1-3-5-8-9(6,7)4-2/h3-5H2,1-2H3,(H,6,7). The Morgan fingerprint density at radius 1 is 1.56 bits per heavy atom. The first kappa shape index (κ1) is 9.15. The molecular weight excluding hydrogens is 139 g/mol. The molecule has 0 saturated heterocycles. The minimum Gasteiger partial charge on any atom is -0.324 e. The lowest BCUT2D eigenvalue weighted by atomic mass is 10.5. The third kappa shape index (κ3) is 4.64. The van der Waals surface area contributed by atoms with Crippen LogP contribution in [-0.2, 0) is 9.09 Å². The molecule has 0 heterocycles. The average molecular weight is 152 g/mol. The maximum atomic E-state index is 10.7. The van der Waals surface area contributed by atoms with Gasteiger partial charge in [-0.1, -0.05) is 13.8 Å². The smallest absolute Gasteiger partial charge is 0.324 e. The summed E-state index contributed by atoms with van der Waals surface area (Å²) in [5.74, 6) is 0. The molecular formula is C5H13O3P. The maximum Gasteiger partial charge on any atom is 0.327 e. The second-order valence-corrected chi connectivity index (χ2v) is 3.95. The highest BCUT2D eigenvalue weighted by Gasteiger charge is 2.13. The van der Waals surface area contributed by atoms with Gasteiger partial charge in [0.1, 0.15) is 0 Å². The molecule has 3 nitrogen and oxygen atoms in total. The molecule has 0 saturated carbocycles. The molecule has 0 aliphatic rings. The molecule has 1 unspecified atom stereocenters. The van der Waals surface area contributed by atoms with E-state index in [1.165, 1.54) is 0 Å². The first-order valence-corrected chi connectivity index (χ1v) is 4.85. The minimum atomic E-state index is -3.19. The largest absolute Gasteiger partial charge is 0.327 e.